The van der Waals surface area contributed by atoms with E-state index in [4.69, 9.17) is 0 Å². The molecule has 1 aliphatic carbocycles. The third kappa shape index (κ3) is 2.28. The molecule has 0 radical (unpaired) electrons. The number of rotatable bonds is 3. The molecular formula is C16H15NO. The lowest BCUT2D eigenvalue weighted by atomic mass is 10.1. The van der Waals surface area contributed by atoms with Gasteiger partial charge in [-0.2, -0.15) is 0 Å². The van der Waals surface area contributed by atoms with Gasteiger partial charge < -0.3 is 5.32 Å². The molecule has 1 aliphatic rings. The van der Waals surface area contributed by atoms with Gasteiger partial charge in [0, 0.05) is 11.6 Å². The summed E-state index contributed by atoms with van der Waals surface area (Å²) in [5.74, 6) is 0.664. The highest BCUT2D eigenvalue weighted by Gasteiger charge is 2.43. The molecule has 2 aromatic rings. The van der Waals surface area contributed by atoms with Crippen molar-refractivity contribution in [2.45, 2.75) is 12.3 Å². The molecule has 0 aliphatic heterocycles. The Morgan fingerprint density at radius 3 is 2.22 bits per heavy atom. The molecule has 3 rings (SSSR count). The molecule has 1 fully saturated rings. The monoisotopic (exact) mass is 237 g/mol. The number of carbonyl (C=O) groups excluding carboxylic acids is 1. The molecule has 0 spiro atoms. The van der Waals surface area contributed by atoms with Crippen LogP contribution in [0.2, 0.25) is 0 Å². The Labute approximate surface area is 107 Å². The van der Waals surface area contributed by atoms with Crippen LogP contribution in [0.15, 0.2) is 60.7 Å². The van der Waals surface area contributed by atoms with Crippen molar-refractivity contribution in [1.82, 2.24) is 0 Å². The molecule has 18 heavy (non-hydrogen) atoms. The molecule has 2 aromatic carbocycles. The Morgan fingerprint density at radius 2 is 1.56 bits per heavy atom. The summed E-state index contributed by atoms with van der Waals surface area (Å²) in [6.45, 7) is 0. The smallest absolute Gasteiger partial charge is 0.228 e. The second kappa shape index (κ2) is 4.65. The molecule has 90 valence electrons. The number of nitrogens with one attached hydrogen (secondary N) is 1. The van der Waals surface area contributed by atoms with Gasteiger partial charge in [0.2, 0.25) is 5.91 Å². The first-order chi connectivity index (χ1) is 8.84. The van der Waals surface area contributed by atoms with Gasteiger partial charge in [-0.1, -0.05) is 48.5 Å². The first-order valence-corrected chi connectivity index (χ1v) is 6.25. The fourth-order valence-electron chi connectivity index (χ4n) is 2.31. The average Bonchev–Trinajstić information content (AvgIpc) is 3.21. The van der Waals surface area contributed by atoms with Crippen LogP contribution in [0.3, 0.4) is 0 Å². The van der Waals surface area contributed by atoms with Crippen LogP contribution >= 0.6 is 0 Å². The van der Waals surface area contributed by atoms with Crippen molar-refractivity contribution >= 4 is 11.6 Å². The standard InChI is InChI=1S/C16H15NO/c18-16(17-13-9-5-2-6-10-13)15-11-14(15)12-7-3-1-4-8-12/h1-10,14-15H,11H2,(H,17,18)/t14-,15+/m1/s1. The summed E-state index contributed by atoms with van der Waals surface area (Å²) in [6, 6.07) is 19.9. The zero-order valence-corrected chi connectivity index (χ0v) is 10.0. The first-order valence-electron chi connectivity index (χ1n) is 6.25. The van der Waals surface area contributed by atoms with Crippen molar-refractivity contribution < 1.29 is 4.79 Å². The highest BCUT2D eigenvalue weighted by molar-refractivity contribution is 5.95. The van der Waals surface area contributed by atoms with E-state index in [-0.39, 0.29) is 11.8 Å². The molecule has 2 heteroatoms. The van der Waals surface area contributed by atoms with E-state index in [0.29, 0.717) is 5.92 Å². The Kier molecular flexibility index (Phi) is 2.85. The minimum atomic E-state index is 0.132. The highest BCUT2D eigenvalue weighted by atomic mass is 16.2. The summed E-state index contributed by atoms with van der Waals surface area (Å²) in [5.41, 5.74) is 2.15. The second-order valence-corrected chi connectivity index (χ2v) is 4.71. The van der Waals surface area contributed by atoms with Gasteiger partial charge >= 0.3 is 0 Å². The Hall–Kier alpha value is -2.09. The molecule has 0 saturated heterocycles. The largest absolute Gasteiger partial charge is 0.326 e. The van der Waals surface area contributed by atoms with Crippen LogP contribution in [-0.2, 0) is 4.79 Å². The van der Waals surface area contributed by atoms with Crippen LogP contribution in [0.1, 0.15) is 17.9 Å². The quantitative estimate of drug-likeness (QED) is 0.870. The summed E-state index contributed by atoms with van der Waals surface area (Å²) >= 11 is 0. The minimum Gasteiger partial charge on any atom is -0.326 e. The fraction of sp³-hybridized carbons (Fsp3) is 0.188. The lowest BCUT2D eigenvalue weighted by Crippen LogP contribution is -2.14. The number of carbonyl (C=O) groups is 1. The number of hydrogen-bond acceptors (Lipinski definition) is 1. The van der Waals surface area contributed by atoms with Crippen LogP contribution in [0, 0.1) is 5.92 Å². The summed E-state index contributed by atoms with van der Waals surface area (Å²) in [5, 5.41) is 2.96. The number of hydrogen-bond donors (Lipinski definition) is 1. The maximum Gasteiger partial charge on any atom is 0.228 e. The van der Waals surface area contributed by atoms with Crippen molar-refractivity contribution in [3.8, 4) is 0 Å². The van der Waals surface area contributed by atoms with Crippen LogP contribution in [0.25, 0.3) is 0 Å². The molecule has 1 amide bonds. The number of amides is 1. The van der Waals surface area contributed by atoms with Gasteiger partial charge in [0.15, 0.2) is 0 Å². The number of para-hydroxylation sites is 1. The van der Waals surface area contributed by atoms with E-state index in [2.05, 4.69) is 17.4 Å². The van der Waals surface area contributed by atoms with Gasteiger partial charge in [-0.3, -0.25) is 4.79 Å². The van der Waals surface area contributed by atoms with E-state index in [9.17, 15) is 4.79 Å². The SMILES string of the molecule is O=C(Nc1ccccc1)[C@H]1C[C@@H]1c1ccccc1. The van der Waals surface area contributed by atoms with Crippen molar-refractivity contribution in [1.29, 1.82) is 0 Å². The molecule has 0 bridgehead atoms. The van der Waals surface area contributed by atoms with Crippen molar-refractivity contribution in [3.63, 3.8) is 0 Å². The molecule has 0 aromatic heterocycles. The molecule has 0 unspecified atom stereocenters. The van der Waals surface area contributed by atoms with Crippen molar-refractivity contribution in [3.05, 3.63) is 66.2 Å². The van der Waals surface area contributed by atoms with E-state index in [1.807, 2.05) is 48.5 Å². The molecule has 2 nitrogen and oxygen atoms in total. The lowest BCUT2D eigenvalue weighted by molar-refractivity contribution is -0.117. The van der Waals surface area contributed by atoms with E-state index in [1.165, 1.54) is 5.56 Å². The van der Waals surface area contributed by atoms with Gasteiger partial charge in [0.25, 0.3) is 0 Å². The van der Waals surface area contributed by atoms with E-state index in [1.54, 1.807) is 0 Å². The Balaban J connectivity index is 1.63. The summed E-state index contributed by atoms with van der Waals surface area (Å²) in [6.07, 6.45) is 0.961. The summed E-state index contributed by atoms with van der Waals surface area (Å²) < 4.78 is 0. The zero-order valence-electron chi connectivity index (χ0n) is 10.0. The molecular weight excluding hydrogens is 222 g/mol. The average molecular weight is 237 g/mol. The fourth-order valence-corrected chi connectivity index (χ4v) is 2.31. The van der Waals surface area contributed by atoms with E-state index >= 15 is 0 Å². The predicted octanol–water partition coefficient (Wildman–Crippen LogP) is 3.43. The van der Waals surface area contributed by atoms with Gasteiger partial charge in [-0.05, 0) is 30.0 Å². The van der Waals surface area contributed by atoms with Crippen molar-refractivity contribution in [2.75, 3.05) is 5.32 Å². The first kappa shape index (κ1) is 11.0. The molecule has 2 atom stereocenters. The second-order valence-electron chi connectivity index (χ2n) is 4.71. The maximum atomic E-state index is 12.0. The van der Waals surface area contributed by atoms with Gasteiger partial charge in [0.05, 0.1) is 0 Å². The zero-order chi connectivity index (χ0) is 12.4. The maximum absolute atomic E-state index is 12.0. The van der Waals surface area contributed by atoms with Crippen LogP contribution in [0.4, 0.5) is 5.69 Å². The summed E-state index contributed by atoms with van der Waals surface area (Å²) in [7, 11) is 0. The lowest BCUT2D eigenvalue weighted by Gasteiger charge is -2.04. The van der Waals surface area contributed by atoms with Crippen LogP contribution < -0.4 is 5.32 Å². The normalized spacial score (nSPS) is 21.3. The van der Waals surface area contributed by atoms with Crippen LogP contribution in [-0.4, -0.2) is 5.91 Å². The molecule has 1 saturated carbocycles. The van der Waals surface area contributed by atoms with Gasteiger partial charge in [0.1, 0.15) is 0 Å². The minimum absolute atomic E-state index is 0.132. The number of anilines is 1. The number of benzene rings is 2. The highest BCUT2D eigenvalue weighted by Crippen LogP contribution is 2.47. The summed E-state index contributed by atoms with van der Waals surface area (Å²) in [4.78, 5) is 12.0. The third-order valence-electron chi connectivity index (χ3n) is 3.40. The van der Waals surface area contributed by atoms with E-state index in [0.717, 1.165) is 12.1 Å². The van der Waals surface area contributed by atoms with E-state index < -0.39 is 0 Å². The Morgan fingerprint density at radius 1 is 0.944 bits per heavy atom. The van der Waals surface area contributed by atoms with Gasteiger partial charge in [-0.25, -0.2) is 0 Å². The molecule has 1 N–H and O–H groups in total. The van der Waals surface area contributed by atoms with Crippen molar-refractivity contribution in [2.24, 2.45) is 5.92 Å². The van der Waals surface area contributed by atoms with Crippen LogP contribution in [0.5, 0.6) is 0 Å². The molecule has 0 heterocycles. The third-order valence-corrected chi connectivity index (χ3v) is 3.40. The van der Waals surface area contributed by atoms with Gasteiger partial charge in [-0.15, -0.1) is 0 Å². The Bertz CT molecular complexity index is 536. The topological polar surface area (TPSA) is 29.1 Å². The predicted molar refractivity (Wildman–Crippen MR) is 72.4 cm³/mol.